The van der Waals surface area contributed by atoms with Gasteiger partial charge in [-0.1, -0.05) is 29.4 Å². The first-order valence-corrected chi connectivity index (χ1v) is 12.7. The number of benzene rings is 2. The highest BCUT2D eigenvalue weighted by molar-refractivity contribution is 5.97. The Morgan fingerprint density at radius 2 is 1.71 bits per heavy atom. The van der Waals surface area contributed by atoms with E-state index in [4.69, 9.17) is 21.5 Å². The summed E-state index contributed by atoms with van der Waals surface area (Å²) in [5.41, 5.74) is 13.9. The minimum atomic E-state index is -0.491. The summed E-state index contributed by atoms with van der Waals surface area (Å²) in [6.45, 7) is 9.33. The summed E-state index contributed by atoms with van der Waals surface area (Å²) in [4.78, 5) is 51.3. The van der Waals surface area contributed by atoms with Gasteiger partial charge in [0.2, 0.25) is 5.91 Å². The van der Waals surface area contributed by atoms with Gasteiger partial charge < -0.3 is 37.4 Å². The van der Waals surface area contributed by atoms with Crippen molar-refractivity contribution < 1.29 is 19.6 Å². The molecule has 0 unspecified atom stereocenters. The molecule has 0 radical (unpaired) electrons. The number of hydrogen-bond acceptors (Lipinski definition) is 9. The third-order valence-electron chi connectivity index (χ3n) is 5.56. The van der Waals surface area contributed by atoms with Crippen molar-refractivity contribution >= 4 is 35.9 Å². The Kier molecular flexibility index (Phi) is 11.6. The minimum absolute atomic E-state index is 0.0209. The van der Waals surface area contributed by atoms with Gasteiger partial charge in [-0.2, -0.15) is 0 Å². The fourth-order valence-electron chi connectivity index (χ4n) is 3.78. The van der Waals surface area contributed by atoms with Crippen LogP contribution in [0.2, 0.25) is 0 Å². The summed E-state index contributed by atoms with van der Waals surface area (Å²) >= 11 is 0. The maximum atomic E-state index is 13.4. The van der Waals surface area contributed by atoms with E-state index in [1.165, 1.54) is 10.8 Å². The summed E-state index contributed by atoms with van der Waals surface area (Å²) in [5, 5.41) is 20.4. The fraction of sp³-hybridized carbons (Fsp3) is 0.286. The quantitative estimate of drug-likeness (QED) is 0.0695. The van der Waals surface area contributed by atoms with Gasteiger partial charge in [0.25, 0.3) is 11.5 Å². The van der Waals surface area contributed by atoms with Gasteiger partial charge in [0.05, 0.1) is 11.9 Å². The Bertz CT molecular complexity index is 1450. The lowest BCUT2D eigenvalue weighted by atomic mass is 10.1. The van der Waals surface area contributed by atoms with Gasteiger partial charge in [0.1, 0.15) is 13.3 Å². The zero-order valence-corrected chi connectivity index (χ0v) is 23.5. The molecule has 0 aliphatic heterocycles. The summed E-state index contributed by atoms with van der Waals surface area (Å²) < 4.78 is 1.30. The van der Waals surface area contributed by atoms with Crippen molar-refractivity contribution in [1.82, 2.24) is 20.2 Å². The SMILES string of the molecule is C=O.CC(C)NC(=O)c1cc(N)cc(-c2cnc(NC(C)C)c(=O)n2CC(=O)NCc2ccc(/C(N)=N/O)cc2)c1. The van der Waals surface area contributed by atoms with Crippen LogP contribution in [-0.2, 0) is 22.7 Å². The van der Waals surface area contributed by atoms with Crippen LogP contribution in [0.4, 0.5) is 11.5 Å². The molecule has 0 saturated heterocycles. The molecule has 8 N–H and O–H groups in total. The summed E-state index contributed by atoms with van der Waals surface area (Å²) in [5.74, 6) is -0.647. The van der Waals surface area contributed by atoms with Crippen LogP contribution < -0.4 is 33.0 Å². The minimum Gasteiger partial charge on any atom is -0.409 e. The number of nitrogens with two attached hydrogens (primary N) is 2. The first kappa shape index (κ1) is 32.0. The summed E-state index contributed by atoms with van der Waals surface area (Å²) in [7, 11) is 0. The second-order valence-corrected chi connectivity index (χ2v) is 9.61. The number of rotatable bonds is 10. The van der Waals surface area contributed by atoms with E-state index in [1.807, 2.05) is 34.5 Å². The van der Waals surface area contributed by atoms with Crippen LogP contribution in [0.1, 0.15) is 49.2 Å². The van der Waals surface area contributed by atoms with Crippen LogP contribution in [0.15, 0.2) is 58.6 Å². The molecule has 218 valence electrons. The molecular formula is C28H36N8O5. The molecule has 2 aromatic carbocycles. The van der Waals surface area contributed by atoms with Crippen molar-refractivity contribution in [3.05, 3.63) is 75.7 Å². The van der Waals surface area contributed by atoms with Crippen molar-refractivity contribution in [1.29, 1.82) is 0 Å². The summed E-state index contributed by atoms with van der Waals surface area (Å²) in [6.07, 6.45) is 1.48. The monoisotopic (exact) mass is 564 g/mol. The Morgan fingerprint density at radius 3 is 2.29 bits per heavy atom. The molecule has 13 heteroatoms. The number of amides is 2. The van der Waals surface area contributed by atoms with Gasteiger partial charge in [-0.15, -0.1) is 0 Å². The van der Waals surface area contributed by atoms with Crippen LogP contribution in [0.3, 0.4) is 0 Å². The topological polar surface area (TPSA) is 207 Å². The molecule has 0 spiro atoms. The number of oxime groups is 1. The van der Waals surface area contributed by atoms with Crippen LogP contribution >= 0.6 is 0 Å². The molecule has 13 nitrogen and oxygen atoms in total. The highest BCUT2D eigenvalue weighted by Crippen LogP contribution is 2.23. The van der Waals surface area contributed by atoms with E-state index in [0.29, 0.717) is 28.1 Å². The van der Waals surface area contributed by atoms with Crippen molar-refractivity contribution in [2.24, 2.45) is 10.9 Å². The van der Waals surface area contributed by atoms with E-state index >= 15 is 0 Å². The summed E-state index contributed by atoms with van der Waals surface area (Å²) in [6, 6.07) is 11.4. The number of hydrogen-bond donors (Lipinski definition) is 6. The Hall–Kier alpha value is -5.20. The molecule has 0 saturated carbocycles. The largest absolute Gasteiger partial charge is 0.409 e. The van der Waals surface area contributed by atoms with Crippen LogP contribution in [0.25, 0.3) is 11.3 Å². The molecule has 2 amide bonds. The smallest absolute Gasteiger partial charge is 0.294 e. The fourth-order valence-corrected chi connectivity index (χ4v) is 3.78. The standard InChI is InChI=1S/C27H34N8O4.CH2O/c1-15(2)32-25-27(38)35(14-23(36)30-12-17-5-7-18(8-6-17)24(29)34-39)22(13-31-25)19-9-20(11-21(28)10-19)26(37)33-16(3)4;1-2/h5-11,13,15-16,39H,12,14,28H2,1-4H3,(H2,29,34)(H,30,36)(H,31,32)(H,33,37);1H2. The average molecular weight is 565 g/mol. The maximum Gasteiger partial charge on any atom is 0.294 e. The molecule has 3 rings (SSSR count). The van der Waals surface area contributed by atoms with E-state index in [2.05, 4.69) is 26.1 Å². The van der Waals surface area contributed by atoms with Crippen LogP contribution in [-0.4, -0.2) is 51.3 Å². The number of carbonyl (C=O) groups is 3. The molecule has 0 atom stereocenters. The van der Waals surface area contributed by atoms with Gasteiger partial charge in [0, 0.05) is 41.0 Å². The van der Waals surface area contributed by atoms with E-state index < -0.39 is 11.5 Å². The van der Waals surface area contributed by atoms with E-state index in [-0.39, 0.29) is 42.7 Å². The van der Waals surface area contributed by atoms with Gasteiger partial charge in [-0.25, -0.2) is 4.98 Å². The van der Waals surface area contributed by atoms with Gasteiger partial charge >= 0.3 is 0 Å². The maximum absolute atomic E-state index is 13.4. The molecule has 1 aromatic heterocycles. The highest BCUT2D eigenvalue weighted by Gasteiger charge is 2.18. The van der Waals surface area contributed by atoms with E-state index in [9.17, 15) is 14.4 Å². The average Bonchev–Trinajstić information content (AvgIpc) is 2.94. The van der Waals surface area contributed by atoms with Gasteiger partial charge in [0.15, 0.2) is 11.7 Å². The van der Waals surface area contributed by atoms with E-state index in [1.54, 1.807) is 42.5 Å². The second-order valence-electron chi connectivity index (χ2n) is 9.61. The Balaban J connectivity index is 0.00000287. The lowest BCUT2D eigenvalue weighted by Crippen LogP contribution is -2.35. The van der Waals surface area contributed by atoms with Crippen molar-refractivity contribution in [2.45, 2.75) is 52.9 Å². The number of nitrogens with one attached hydrogen (secondary N) is 3. The third kappa shape index (κ3) is 8.92. The number of carbonyl (C=O) groups excluding carboxylic acids is 3. The molecular weight excluding hydrogens is 528 g/mol. The van der Waals surface area contributed by atoms with Crippen molar-refractivity contribution in [2.75, 3.05) is 11.1 Å². The number of aromatic nitrogens is 2. The molecule has 0 fully saturated rings. The molecule has 41 heavy (non-hydrogen) atoms. The second kappa shape index (κ2) is 14.8. The van der Waals surface area contributed by atoms with E-state index in [0.717, 1.165) is 5.56 Å². The molecule has 1 heterocycles. The number of amidine groups is 1. The molecule has 0 bridgehead atoms. The van der Waals surface area contributed by atoms with Gasteiger partial charge in [-0.05, 0) is 51.5 Å². The lowest BCUT2D eigenvalue weighted by Gasteiger charge is -2.17. The highest BCUT2D eigenvalue weighted by atomic mass is 16.4. The van der Waals surface area contributed by atoms with Crippen molar-refractivity contribution in [3.8, 4) is 11.3 Å². The predicted octanol–water partition coefficient (Wildman–Crippen LogP) is 1.68. The Labute approximate surface area is 237 Å². The third-order valence-corrected chi connectivity index (χ3v) is 5.56. The zero-order valence-electron chi connectivity index (χ0n) is 23.5. The Morgan fingerprint density at radius 1 is 1.05 bits per heavy atom. The predicted molar refractivity (Wildman–Crippen MR) is 158 cm³/mol. The zero-order chi connectivity index (χ0) is 30.7. The van der Waals surface area contributed by atoms with Crippen LogP contribution in [0.5, 0.6) is 0 Å². The lowest BCUT2D eigenvalue weighted by molar-refractivity contribution is -0.121. The number of nitrogens with zero attached hydrogens (tertiary/aromatic N) is 3. The number of anilines is 2. The van der Waals surface area contributed by atoms with Crippen molar-refractivity contribution in [3.63, 3.8) is 0 Å². The number of nitrogen functional groups attached to an aromatic ring is 1. The normalized spacial score (nSPS) is 11.0. The first-order chi connectivity index (χ1) is 19.5. The molecule has 0 aliphatic carbocycles. The first-order valence-electron chi connectivity index (χ1n) is 12.7. The molecule has 0 aliphatic rings. The van der Waals surface area contributed by atoms with Gasteiger partial charge in [-0.3, -0.25) is 19.0 Å². The van der Waals surface area contributed by atoms with Crippen LogP contribution in [0, 0.1) is 0 Å². The molecule has 3 aromatic rings.